The van der Waals surface area contributed by atoms with E-state index in [1.165, 1.54) is 4.90 Å². The maximum absolute atomic E-state index is 10.7. The van der Waals surface area contributed by atoms with Gasteiger partial charge in [0.05, 0.1) is 0 Å². The van der Waals surface area contributed by atoms with Crippen LogP contribution in [0.2, 0.25) is 0 Å². The third-order valence-corrected chi connectivity index (χ3v) is 2.85. The van der Waals surface area contributed by atoms with Gasteiger partial charge in [-0.3, -0.25) is 4.90 Å². The molecule has 1 rings (SSSR count). The second-order valence-electron chi connectivity index (χ2n) is 3.71. The van der Waals surface area contributed by atoms with E-state index < -0.39 is 6.03 Å². The van der Waals surface area contributed by atoms with E-state index in [1.807, 2.05) is 0 Å². The topological polar surface area (TPSA) is 46.3 Å². The lowest BCUT2D eigenvalue weighted by Gasteiger charge is -2.17. The van der Waals surface area contributed by atoms with E-state index in [2.05, 4.69) is 20.8 Å². The third kappa shape index (κ3) is 1.94. The Balaban J connectivity index is 2.73. The van der Waals surface area contributed by atoms with Gasteiger partial charge in [0.2, 0.25) is 0 Å². The largest absolute Gasteiger partial charge is 0.351 e. The van der Waals surface area contributed by atoms with Gasteiger partial charge in [-0.1, -0.05) is 32.5 Å². The fourth-order valence-electron chi connectivity index (χ4n) is 0.787. The van der Waals surface area contributed by atoms with Gasteiger partial charge in [-0.15, -0.1) is 0 Å². The van der Waals surface area contributed by atoms with Crippen LogP contribution < -0.4 is 5.73 Å². The zero-order valence-electron chi connectivity index (χ0n) is 7.50. The number of nitrogens with zero attached hydrogens (tertiary/aromatic N) is 1. The number of primary amides is 1. The Hall–Kier alpha value is -0.640. The molecule has 1 radical (unpaired) electrons. The molecule has 0 saturated heterocycles. The highest BCUT2D eigenvalue weighted by atomic mass is 32.2. The summed E-state index contributed by atoms with van der Waals surface area (Å²) in [5, 5.41) is 0. The molecule has 3 nitrogen and oxygen atoms in total. The highest BCUT2D eigenvalue weighted by molar-refractivity contribution is 8.05. The lowest BCUT2D eigenvalue weighted by molar-refractivity contribution is 0.234. The van der Waals surface area contributed by atoms with E-state index in [0.717, 1.165) is 4.91 Å². The van der Waals surface area contributed by atoms with E-state index >= 15 is 0 Å². The number of hydrogen-bond acceptors (Lipinski definition) is 2. The average molecular weight is 185 g/mol. The minimum Gasteiger partial charge on any atom is -0.351 e. The van der Waals surface area contributed by atoms with Gasteiger partial charge in [-0.05, 0) is 5.41 Å². The zero-order valence-corrected chi connectivity index (χ0v) is 8.31. The molecule has 0 fully saturated rings. The van der Waals surface area contributed by atoms with E-state index in [4.69, 9.17) is 5.73 Å². The van der Waals surface area contributed by atoms with Gasteiger partial charge in [0.25, 0.3) is 0 Å². The number of amides is 2. The van der Waals surface area contributed by atoms with Crippen molar-refractivity contribution < 1.29 is 4.79 Å². The molecule has 1 aliphatic heterocycles. The summed E-state index contributed by atoms with van der Waals surface area (Å²) in [5.74, 6) is 1.73. The van der Waals surface area contributed by atoms with Crippen LogP contribution in [0.1, 0.15) is 20.8 Å². The smallest absolute Gasteiger partial charge is 0.319 e. The van der Waals surface area contributed by atoms with Crippen LogP contribution in [0.15, 0.2) is 11.1 Å². The monoisotopic (exact) mass is 185 g/mol. The molecule has 0 aromatic rings. The van der Waals surface area contributed by atoms with Gasteiger partial charge in [-0.25, -0.2) is 4.79 Å². The van der Waals surface area contributed by atoms with Gasteiger partial charge in [0, 0.05) is 11.1 Å². The molecule has 0 saturated carbocycles. The Morgan fingerprint density at radius 2 is 2.17 bits per heavy atom. The lowest BCUT2D eigenvalue weighted by Crippen LogP contribution is -2.26. The normalized spacial score (nSPS) is 17.9. The van der Waals surface area contributed by atoms with E-state index in [1.54, 1.807) is 23.8 Å². The second kappa shape index (κ2) is 3.01. The molecule has 1 heterocycles. The predicted molar refractivity (Wildman–Crippen MR) is 50.9 cm³/mol. The summed E-state index contributed by atoms with van der Waals surface area (Å²) in [7, 11) is 0. The highest BCUT2D eigenvalue weighted by Gasteiger charge is 2.25. The molecule has 4 heteroatoms. The SMILES string of the molecule is CC(C)(C)C1=CN(C(N)=O)[CH]S1. The van der Waals surface area contributed by atoms with Crippen molar-refractivity contribution in [2.24, 2.45) is 11.1 Å². The van der Waals surface area contributed by atoms with Crippen LogP contribution in [-0.4, -0.2) is 10.9 Å². The third-order valence-electron chi connectivity index (χ3n) is 1.54. The first-order valence-electron chi connectivity index (χ1n) is 3.71. The van der Waals surface area contributed by atoms with Crippen LogP contribution in [0.4, 0.5) is 4.79 Å². The fraction of sp³-hybridized carbons (Fsp3) is 0.500. The number of carbonyl (C=O) groups is 1. The minimum absolute atomic E-state index is 0.0887. The number of hydrogen-bond donors (Lipinski definition) is 1. The van der Waals surface area contributed by atoms with Gasteiger partial charge >= 0.3 is 6.03 Å². The van der Waals surface area contributed by atoms with Crippen molar-refractivity contribution in [2.75, 3.05) is 0 Å². The molecule has 0 atom stereocenters. The molecule has 0 aromatic carbocycles. The summed E-state index contributed by atoms with van der Waals surface area (Å²) in [4.78, 5) is 13.3. The molecule has 0 spiro atoms. The Morgan fingerprint density at radius 1 is 1.58 bits per heavy atom. The number of thioether (sulfide) groups is 1. The lowest BCUT2D eigenvalue weighted by atomic mass is 9.96. The van der Waals surface area contributed by atoms with Crippen molar-refractivity contribution in [3.8, 4) is 0 Å². The molecule has 67 valence electrons. The highest BCUT2D eigenvalue weighted by Crippen LogP contribution is 2.41. The molecule has 2 N–H and O–H groups in total. The maximum atomic E-state index is 10.7. The van der Waals surface area contributed by atoms with Crippen molar-refractivity contribution in [3.05, 3.63) is 17.0 Å². The molecular formula is C8H13N2OS. The Labute approximate surface area is 77.0 Å². The number of rotatable bonds is 0. The van der Waals surface area contributed by atoms with Gasteiger partial charge < -0.3 is 5.73 Å². The standard InChI is InChI=1S/C8H13N2OS/c1-8(2,3)6-4-10(5-12-6)7(9)11/h4-5H,1-3H3,(H2,9,11). The van der Waals surface area contributed by atoms with Crippen molar-refractivity contribution in [2.45, 2.75) is 20.8 Å². The molecule has 0 aromatic heterocycles. The van der Waals surface area contributed by atoms with E-state index in [-0.39, 0.29) is 5.41 Å². The van der Waals surface area contributed by atoms with Gasteiger partial charge in [0.1, 0.15) is 5.88 Å². The molecule has 12 heavy (non-hydrogen) atoms. The summed E-state index contributed by atoms with van der Waals surface area (Å²) < 4.78 is 0. The predicted octanol–water partition coefficient (Wildman–Crippen LogP) is 2.12. The van der Waals surface area contributed by atoms with Crippen molar-refractivity contribution in [3.63, 3.8) is 0 Å². The van der Waals surface area contributed by atoms with Crippen LogP contribution in [0, 0.1) is 11.3 Å². The summed E-state index contributed by atoms with van der Waals surface area (Å²) >= 11 is 1.55. The van der Waals surface area contributed by atoms with Crippen LogP contribution >= 0.6 is 11.8 Å². The molecule has 0 bridgehead atoms. The van der Waals surface area contributed by atoms with E-state index in [9.17, 15) is 4.79 Å². The van der Waals surface area contributed by atoms with Crippen molar-refractivity contribution in [1.82, 2.24) is 4.90 Å². The van der Waals surface area contributed by atoms with Crippen LogP contribution in [0.5, 0.6) is 0 Å². The molecule has 2 amide bonds. The fourth-order valence-corrected chi connectivity index (χ4v) is 1.71. The van der Waals surface area contributed by atoms with Gasteiger partial charge in [0.15, 0.2) is 0 Å². The maximum Gasteiger partial charge on any atom is 0.319 e. The first kappa shape index (κ1) is 9.45. The number of carbonyl (C=O) groups excluding carboxylic acids is 1. The summed E-state index contributed by atoms with van der Waals surface area (Å²) in [5.41, 5.74) is 5.19. The van der Waals surface area contributed by atoms with Crippen molar-refractivity contribution >= 4 is 17.8 Å². The molecule has 0 unspecified atom stereocenters. The quantitative estimate of drug-likeness (QED) is 0.628. The molecular weight excluding hydrogens is 172 g/mol. The first-order chi connectivity index (χ1) is 5.41. The molecule has 0 aliphatic carbocycles. The zero-order chi connectivity index (χ0) is 9.35. The Morgan fingerprint density at radius 3 is 2.42 bits per heavy atom. The molecule has 1 aliphatic rings. The van der Waals surface area contributed by atoms with Crippen molar-refractivity contribution in [1.29, 1.82) is 0 Å². The van der Waals surface area contributed by atoms with E-state index in [0.29, 0.717) is 0 Å². The number of allylic oxidation sites excluding steroid dienone is 1. The summed E-state index contributed by atoms with van der Waals surface area (Å²) in [6.45, 7) is 6.30. The van der Waals surface area contributed by atoms with Crippen LogP contribution in [0.25, 0.3) is 0 Å². The van der Waals surface area contributed by atoms with Gasteiger partial charge in [-0.2, -0.15) is 0 Å². The second-order valence-corrected chi connectivity index (χ2v) is 4.60. The minimum atomic E-state index is -0.429. The Kier molecular flexibility index (Phi) is 2.37. The van der Waals surface area contributed by atoms with Crippen LogP contribution in [0.3, 0.4) is 0 Å². The average Bonchev–Trinajstić information content (AvgIpc) is 2.30. The Bertz CT molecular complexity index is 230. The van der Waals surface area contributed by atoms with Crippen LogP contribution in [-0.2, 0) is 0 Å². The first-order valence-corrected chi connectivity index (χ1v) is 4.59. The number of nitrogens with two attached hydrogens (primary N) is 1. The summed E-state index contributed by atoms with van der Waals surface area (Å²) in [6, 6.07) is -0.429. The number of urea groups is 1. The summed E-state index contributed by atoms with van der Waals surface area (Å²) in [6.07, 6.45) is 1.78.